The lowest BCUT2D eigenvalue weighted by Gasteiger charge is -2.44. The van der Waals surface area contributed by atoms with Gasteiger partial charge in [0.25, 0.3) is 0 Å². The third-order valence-corrected chi connectivity index (χ3v) is 3.62. The Balaban J connectivity index is 2.70. The molecule has 1 aliphatic heterocycles. The average Bonchev–Trinajstić information content (AvgIpc) is 1.82. The monoisotopic (exact) mass is 190 g/mol. The highest BCUT2D eigenvalue weighted by Gasteiger charge is 2.34. The highest BCUT2D eigenvalue weighted by molar-refractivity contribution is 7.81. The molecular formula is C8H18N2OS. The van der Waals surface area contributed by atoms with Crippen LogP contribution in [0.5, 0.6) is 0 Å². The number of piperazine rings is 1. The van der Waals surface area contributed by atoms with Crippen LogP contribution >= 0.6 is 0 Å². The molecule has 0 bridgehead atoms. The van der Waals surface area contributed by atoms with Crippen LogP contribution in [-0.2, 0) is 11.0 Å². The summed E-state index contributed by atoms with van der Waals surface area (Å²) < 4.78 is 13.4. The number of hydrogen-bond acceptors (Lipinski definition) is 2. The minimum absolute atomic E-state index is 0.0482. The van der Waals surface area contributed by atoms with Crippen LogP contribution < -0.4 is 0 Å². The highest BCUT2D eigenvalue weighted by atomic mass is 32.2. The van der Waals surface area contributed by atoms with E-state index < -0.39 is 11.0 Å². The van der Waals surface area contributed by atoms with Crippen LogP contribution in [0.1, 0.15) is 13.8 Å². The molecule has 1 heterocycles. The normalized spacial score (nSPS) is 28.7. The van der Waals surface area contributed by atoms with Gasteiger partial charge in [0, 0.05) is 31.4 Å². The predicted octanol–water partition coefficient (Wildman–Crippen LogP) is 0.306. The summed E-state index contributed by atoms with van der Waals surface area (Å²) in [5.74, 6) is 0. The number of nitrogens with zero attached hydrogens (tertiary/aromatic N) is 2. The Bertz CT molecular complexity index is 193. The first-order valence-corrected chi connectivity index (χ1v) is 5.75. The summed E-state index contributed by atoms with van der Waals surface area (Å²) in [4.78, 5) is 2.28. The summed E-state index contributed by atoms with van der Waals surface area (Å²) in [5, 5.41) is 0. The van der Waals surface area contributed by atoms with Crippen molar-refractivity contribution in [2.75, 3.05) is 32.9 Å². The smallest absolute Gasteiger partial charge is 0.0916 e. The maximum Gasteiger partial charge on any atom is 0.0916 e. The first-order chi connectivity index (χ1) is 5.43. The lowest BCUT2D eigenvalue weighted by Crippen LogP contribution is -2.58. The van der Waals surface area contributed by atoms with Gasteiger partial charge in [0.1, 0.15) is 0 Å². The molecular weight excluding hydrogens is 172 g/mol. The zero-order valence-electron chi connectivity index (χ0n) is 8.33. The summed E-state index contributed by atoms with van der Waals surface area (Å²) in [6.45, 7) is 7.20. The predicted molar refractivity (Wildman–Crippen MR) is 52.3 cm³/mol. The maximum absolute atomic E-state index is 11.3. The van der Waals surface area contributed by atoms with Crippen LogP contribution in [0.3, 0.4) is 0 Å². The second kappa shape index (κ2) is 3.44. The zero-order valence-corrected chi connectivity index (χ0v) is 9.15. The molecule has 0 aliphatic carbocycles. The Labute approximate surface area is 77.3 Å². The van der Waals surface area contributed by atoms with E-state index in [0.29, 0.717) is 0 Å². The minimum Gasteiger partial charge on any atom is -0.303 e. The van der Waals surface area contributed by atoms with Gasteiger partial charge in [-0.05, 0) is 20.9 Å². The van der Waals surface area contributed by atoms with E-state index in [2.05, 4.69) is 30.1 Å². The van der Waals surface area contributed by atoms with E-state index in [9.17, 15) is 4.21 Å². The van der Waals surface area contributed by atoms with E-state index in [1.807, 2.05) is 0 Å². The number of hydrogen-bond donors (Lipinski definition) is 0. The van der Waals surface area contributed by atoms with E-state index >= 15 is 0 Å². The van der Waals surface area contributed by atoms with Gasteiger partial charge < -0.3 is 4.90 Å². The zero-order chi connectivity index (χ0) is 9.35. The lowest BCUT2D eigenvalue weighted by molar-refractivity contribution is 0.105. The molecule has 1 aliphatic rings. The van der Waals surface area contributed by atoms with Gasteiger partial charge in [0.05, 0.1) is 11.0 Å². The van der Waals surface area contributed by atoms with E-state index in [1.54, 1.807) is 6.26 Å². The first-order valence-electron chi connectivity index (χ1n) is 4.23. The van der Waals surface area contributed by atoms with Gasteiger partial charge in [0.15, 0.2) is 0 Å². The molecule has 1 saturated heterocycles. The van der Waals surface area contributed by atoms with Crippen LogP contribution in [-0.4, -0.2) is 51.9 Å². The van der Waals surface area contributed by atoms with Crippen molar-refractivity contribution in [3.8, 4) is 0 Å². The molecule has 3 nitrogen and oxygen atoms in total. The molecule has 4 heteroatoms. The molecule has 0 N–H and O–H groups in total. The van der Waals surface area contributed by atoms with Gasteiger partial charge in [0.2, 0.25) is 0 Å². The van der Waals surface area contributed by atoms with Gasteiger partial charge in [-0.3, -0.25) is 0 Å². The van der Waals surface area contributed by atoms with Crippen molar-refractivity contribution in [3.05, 3.63) is 0 Å². The molecule has 1 fully saturated rings. The van der Waals surface area contributed by atoms with Gasteiger partial charge in [-0.1, -0.05) is 0 Å². The molecule has 0 aromatic heterocycles. The molecule has 0 amide bonds. The quantitative estimate of drug-likeness (QED) is 0.594. The minimum atomic E-state index is -0.830. The molecule has 0 aromatic carbocycles. The Hall–Kier alpha value is 0.0700. The summed E-state index contributed by atoms with van der Waals surface area (Å²) >= 11 is 0. The highest BCUT2D eigenvalue weighted by Crippen LogP contribution is 2.20. The molecule has 1 unspecified atom stereocenters. The molecule has 0 spiro atoms. The number of likely N-dealkylation sites (N-methyl/N-ethyl adjacent to an activating group) is 1. The Morgan fingerprint density at radius 2 is 1.92 bits per heavy atom. The Morgan fingerprint density at radius 3 is 2.33 bits per heavy atom. The van der Waals surface area contributed by atoms with Crippen molar-refractivity contribution in [2.24, 2.45) is 0 Å². The van der Waals surface area contributed by atoms with Gasteiger partial charge >= 0.3 is 0 Å². The van der Waals surface area contributed by atoms with Crippen molar-refractivity contribution in [1.82, 2.24) is 9.21 Å². The summed E-state index contributed by atoms with van der Waals surface area (Å²) in [5.41, 5.74) is 0.0482. The average molecular weight is 190 g/mol. The molecule has 0 radical (unpaired) electrons. The maximum atomic E-state index is 11.3. The van der Waals surface area contributed by atoms with Gasteiger partial charge in [-0.15, -0.1) is 0 Å². The third kappa shape index (κ3) is 2.06. The molecule has 12 heavy (non-hydrogen) atoms. The Kier molecular flexibility index (Phi) is 2.91. The van der Waals surface area contributed by atoms with Crippen LogP contribution in [0.15, 0.2) is 0 Å². The van der Waals surface area contributed by atoms with Crippen LogP contribution in [0.2, 0.25) is 0 Å². The largest absolute Gasteiger partial charge is 0.303 e. The topological polar surface area (TPSA) is 23.6 Å². The first kappa shape index (κ1) is 10.2. The molecule has 1 atom stereocenters. The van der Waals surface area contributed by atoms with Crippen molar-refractivity contribution in [2.45, 2.75) is 19.4 Å². The van der Waals surface area contributed by atoms with Crippen LogP contribution in [0.4, 0.5) is 0 Å². The van der Waals surface area contributed by atoms with Gasteiger partial charge in [-0.2, -0.15) is 0 Å². The summed E-state index contributed by atoms with van der Waals surface area (Å²) in [6, 6.07) is 0. The third-order valence-electron chi connectivity index (χ3n) is 2.33. The van der Waals surface area contributed by atoms with Crippen LogP contribution in [0, 0.1) is 0 Å². The second-order valence-corrected chi connectivity index (χ2v) is 5.36. The van der Waals surface area contributed by atoms with Crippen molar-refractivity contribution < 1.29 is 4.21 Å². The lowest BCUT2D eigenvalue weighted by atomic mass is 10.0. The number of rotatable bonds is 1. The van der Waals surface area contributed by atoms with Crippen LogP contribution in [0.25, 0.3) is 0 Å². The molecule has 1 rings (SSSR count). The standard InChI is InChI=1S/C8H18N2OS/c1-8(2)7-9(3)5-6-10(8)12(4)11/h5-7H2,1-4H3. The Morgan fingerprint density at radius 1 is 1.33 bits per heavy atom. The van der Waals surface area contributed by atoms with Crippen molar-refractivity contribution in [3.63, 3.8) is 0 Å². The summed E-state index contributed by atoms with van der Waals surface area (Å²) in [7, 11) is 1.28. The second-order valence-electron chi connectivity index (χ2n) is 4.08. The molecule has 72 valence electrons. The SMILES string of the molecule is CN1CCN(S(C)=O)C(C)(C)C1. The van der Waals surface area contributed by atoms with Crippen molar-refractivity contribution in [1.29, 1.82) is 0 Å². The van der Waals surface area contributed by atoms with Gasteiger partial charge in [-0.25, -0.2) is 8.51 Å². The van der Waals surface area contributed by atoms with E-state index in [4.69, 9.17) is 0 Å². The fourth-order valence-electron chi connectivity index (χ4n) is 1.86. The van der Waals surface area contributed by atoms with E-state index in [0.717, 1.165) is 19.6 Å². The van der Waals surface area contributed by atoms with E-state index in [1.165, 1.54) is 0 Å². The van der Waals surface area contributed by atoms with Crippen molar-refractivity contribution >= 4 is 11.0 Å². The fourth-order valence-corrected chi connectivity index (χ4v) is 2.95. The van der Waals surface area contributed by atoms with E-state index in [-0.39, 0.29) is 5.54 Å². The fraction of sp³-hybridized carbons (Fsp3) is 1.00. The molecule has 0 aromatic rings. The molecule has 0 saturated carbocycles. The summed E-state index contributed by atoms with van der Waals surface area (Å²) in [6.07, 6.45) is 1.76.